The maximum absolute atomic E-state index is 14.3. The number of hydrogen-bond acceptors (Lipinski definition) is 4. The number of likely N-dealkylation sites (tertiary alicyclic amines) is 1. The molecule has 3 rings (SSSR count). The Bertz CT molecular complexity index is 671. The van der Waals surface area contributed by atoms with Crippen LogP contribution in [0.25, 0.3) is 0 Å². The van der Waals surface area contributed by atoms with Gasteiger partial charge in [-0.2, -0.15) is 0 Å². The molecule has 1 fully saturated rings. The van der Waals surface area contributed by atoms with E-state index in [2.05, 4.69) is 22.0 Å². The molecule has 4 nitrogen and oxygen atoms in total. The molecule has 1 saturated heterocycles. The standard InChI is InChI=1S/C19H23FN2O2/c1-23-18-11-16(17(20)12-19(18)24-2)13-22-9-5-15(6-10-22)14-3-7-21-8-4-14/h3-4,7-8,11-12,15H,5-6,9-10,13H2,1-2H3. The van der Waals surface area contributed by atoms with Gasteiger partial charge >= 0.3 is 0 Å². The largest absolute Gasteiger partial charge is 0.493 e. The maximum atomic E-state index is 14.3. The summed E-state index contributed by atoms with van der Waals surface area (Å²) in [5, 5.41) is 0. The minimum Gasteiger partial charge on any atom is -0.493 e. The lowest BCUT2D eigenvalue weighted by atomic mass is 9.90. The van der Waals surface area contributed by atoms with E-state index in [0.717, 1.165) is 25.9 Å². The summed E-state index contributed by atoms with van der Waals surface area (Å²) in [6.45, 7) is 2.51. The third-order valence-corrected chi connectivity index (χ3v) is 4.71. The minimum absolute atomic E-state index is 0.246. The third kappa shape index (κ3) is 3.67. The first kappa shape index (κ1) is 16.7. The first-order valence-corrected chi connectivity index (χ1v) is 8.24. The summed E-state index contributed by atoms with van der Waals surface area (Å²) in [7, 11) is 3.08. The third-order valence-electron chi connectivity index (χ3n) is 4.71. The predicted molar refractivity (Wildman–Crippen MR) is 91.0 cm³/mol. The van der Waals surface area contributed by atoms with Gasteiger partial charge in [-0.3, -0.25) is 9.88 Å². The maximum Gasteiger partial charge on any atom is 0.163 e. The fourth-order valence-corrected chi connectivity index (χ4v) is 3.32. The van der Waals surface area contributed by atoms with Crippen LogP contribution in [0.1, 0.15) is 29.9 Å². The van der Waals surface area contributed by atoms with Gasteiger partial charge in [0.05, 0.1) is 14.2 Å². The molecule has 0 unspecified atom stereocenters. The number of rotatable bonds is 5. The van der Waals surface area contributed by atoms with Crippen molar-refractivity contribution in [2.45, 2.75) is 25.3 Å². The van der Waals surface area contributed by atoms with Crippen molar-refractivity contribution in [3.63, 3.8) is 0 Å². The first-order valence-electron chi connectivity index (χ1n) is 8.24. The summed E-state index contributed by atoms with van der Waals surface area (Å²) < 4.78 is 24.7. The van der Waals surface area contributed by atoms with Crippen molar-refractivity contribution in [1.29, 1.82) is 0 Å². The molecule has 0 atom stereocenters. The Kier molecular flexibility index (Phi) is 5.30. The Morgan fingerprint density at radius 2 is 1.71 bits per heavy atom. The Hall–Kier alpha value is -2.14. The molecule has 2 heterocycles. The quantitative estimate of drug-likeness (QED) is 0.839. The van der Waals surface area contributed by atoms with Crippen LogP contribution in [0.15, 0.2) is 36.7 Å². The van der Waals surface area contributed by atoms with Gasteiger partial charge in [-0.1, -0.05) is 0 Å². The van der Waals surface area contributed by atoms with Gasteiger partial charge in [0, 0.05) is 30.6 Å². The van der Waals surface area contributed by atoms with Crippen LogP contribution in [0.2, 0.25) is 0 Å². The number of ether oxygens (including phenoxy) is 2. The highest BCUT2D eigenvalue weighted by molar-refractivity contribution is 5.43. The number of halogens is 1. The molecule has 1 aliphatic heterocycles. The lowest BCUT2D eigenvalue weighted by Crippen LogP contribution is -2.32. The lowest BCUT2D eigenvalue weighted by Gasteiger charge is -2.32. The second-order valence-electron chi connectivity index (χ2n) is 6.13. The molecule has 0 saturated carbocycles. The fraction of sp³-hybridized carbons (Fsp3) is 0.421. The number of hydrogen-bond donors (Lipinski definition) is 0. The van der Waals surface area contributed by atoms with E-state index in [9.17, 15) is 4.39 Å². The Morgan fingerprint density at radius 1 is 1.08 bits per heavy atom. The molecule has 1 aliphatic rings. The van der Waals surface area contributed by atoms with Gasteiger partial charge in [-0.05, 0) is 55.6 Å². The molecule has 1 aromatic heterocycles. The summed E-state index contributed by atoms with van der Waals surface area (Å²) in [6.07, 6.45) is 5.86. The highest BCUT2D eigenvalue weighted by atomic mass is 19.1. The van der Waals surface area contributed by atoms with E-state index >= 15 is 0 Å². The molecule has 1 aromatic carbocycles. The van der Waals surface area contributed by atoms with Crippen molar-refractivity contribution in [3.8, 4) is 11.5 Å². The molecule has 128 valence electrons. The zero-order valence-corrected chi connectivity index (χ0v) is 14.2. The monoisotopic (exact) mass is 330 g/mol. The highest BCUT2D eigenvalue weighted by Crippen LogP contribution is 2.32. The van der Waals surface area contributed by atoms with Crippen LogP contribution < -0.4 is 9.47 Å². The van der Waals surface area contributed by atoms with E-state index in [4.69, 9.17) is 9.47 Å². The van der Waals surface area contributed by atoms with Crippen molar-refractivity contribution in [1.82, 2.24) is 9.88 Å². The van der Waals surface area contributed by atoms with Crippen molar-refractivity contribution >= 4 is 0 Å². The van der Waals surface area contributed by atoms with Crippen LogP contribution >= 0.6 is 0 Å². The Labute approximate surface area is 142 Å². The lowest BCUT2D eigenvalue weighted by molar-refractivity contribution is 0.202. The van der Waals surface area contributed by atoms with Crippen molar-refractivity contribution < 1.29 is 13.9 Å². The van der Waals surface area contributed by atoms with E-state index in [-0.39, 0.29) is 5.82 Å². The topological polar surface area (TPSA) is 34.6 Å². The molecule has 2 aromatic rings. The normalized spacial score (nSPS) is 16.1. The molecule has 0 N–H and O–H groups in total. The van der Waals surface area contributed by atoms with Gasteiger partial charge in [-0.15, -0.1) is 0 Å². The van der Waals surface area contributed by atoms with Crippen molar-refractivity contribution in [2.24, 2.45) is 0 Å². The molecule has 0 spiro atoms. The number of nitrogens with zero attached hydrogens (tertiary/aromatic N) is 2. The van der Waals surface area contributed by atoms with Crippen LogP contribution in [-0.4, -0.2) is 37.2 Å². The molecule has 5 heteroatoms. The van der Waals surface area contributed by atoms with Gasteiger partial charge in [0.15, 0.2) is 11.5 Å². The molecule has 24 heavy (non-hydrogen) atoms. The number of pyridine rings is 1. The average molecular weight is 330 g/mol. The van der Waals surface area contributed by atoms with Crippen LogP contribution in [0.5, 0.6) is 11.5 Å². The SMILES string of the molecule is COc1cc(F)c(CN2CCC(c3ccncc3)CC2)cc1OC. The van der Waals surface area contributed by atoms with Gasteiger partial charge in [0.25, 0.3) is 0 Å². The van der Waals surface area contributed by atoms with Crippen LogP contribution in [0.3, 0.4) is 0 Å². The summed E-state index contributed by atoms with van der Waals surface area (Å²) >= 11 is 0. The van der Waals surface area contributed by atoms with Crippen LogP contribution in [-0.2, 0) is 6.54 Å². The van der Waals surface area contributed by atoms with E-state index in [1.807, 2.05) is 12.4 Å². The molecule has 0 bridgehead atoms. The van der Waals surface area contributed by atoms with E-state index in [1.54, 1.807) is 13.2 Å². The summed E-state index contributed by atoms with van der Waals surface area (Å²) in [5.41, 5.74) is 2.00. The highest BCUT2D eigenvalue weighted by Gasteiger charge is 2.22. The van der Waals surface area contributed by atoms with Crippen molar-refractivity contribution in [2.75, 3.05) is 27.3 Å². The second-order valence-corrected chi connectivity index (χ2v) is 6.13. The van der Waals surface area contributed by atoms with E-state index < -0.39 is 0 Å². The molecule has 0 radical (unpaired) electrons. The van der Waals surface area contributed by atoms with Gasteiger partial charge < -0.3 is 9.47 Å². The van der Waals surface area contributed by atoms with Gasteiger partial charge in [0.1, 0.15) is 5.82 Å². The first-order chi connectivity index (χ1) is 11.7. The second kappa shape index (κ2) is 7.62. The van der Waals surface area contributed by atoms with E-state index in [0.29, 0.717) is 29.5 Å². The number of piperidine rings is 1. The van der Waals surface area contributed by atoms with Gasteiger partial charge in [0.2, 0.25) is 0 Å². The molecule has 0 aliphatic carbocycles. The number of aromatic nitrogens is 1. The Morgan fingerprint density at radius 3 is 2.33 bits per heavy atom. The van der Waals surface area contributed by atoms with Gasteiger partial charge in [-0.25, -0.2) is 4.39 Å². The fourth-order valence-electron chi connectivity index (χ4n) is 3.32. The zero-order valence-electron chi connectivity index (χ0n) is 14.2. The molecular formula is C19H23FN2O2. The number of methoxy groups -OCH3 is 2. The predicted octanol–water partition coefficient (Wildman–Crippen LogP) is 3.62. The smallest absolute Gasteiger partial charge is 0.163 e. The average Bonchev–Trinajstić information content (AvgIpc) is 2.64. The summed E-state index contributed by atoms with van der Waals surface area (Å²) in [5.74, 6) is 1.32. The Balaban J connectivity index is 1.64. The van der Waals surface area contributed by atoms with Crippen LogP contribution in [0, 0.1) is 5.82 Å². The zero-order chi connectivity index (χ0) is 16.9. The van der Waals surface area contributed by atoms with E-state index in [1.165, 1.54) is 18.7 Å². The summed E-state index contributed by atoms with van der Waals surface area (Å²) in [4.78, 5) is 6.37. The van der Waals surface area contributed by atoms with Crippen LogP contribution in [0.4, 0.5) is 4.39 Å². The number of benzene rings is 1. The molecule has 0 amide bonds. The summed E-state index contributed by atoms with van der Waals surface area (Å²) in [6, 6.07) is 7.32. The van der Waals surface area contributed by atoms with Crippen molar-refractivity contribution in [3.05, 3.63) is 53.6 Å². The minimum atomic E-state index is -0.246. The molecular weight excluding hydrogens is 307 g/mol.